The first-order valence-electron chi connectivity index (χ1n) is 7.09. The van der Waals surface area contributed by atoms with Crippen LogP contribution in [0.5, 0.6) is 0 Å². The van der Waals surface area contributed by atoms with Gasteiger partial charge in [-0.2, -0.15) is 0 Å². The first kappa shape index (κ1) is 14.5. The van der Waals surface area contributed by atoms with Gasteiger partial charge in [-0.05, 0) is 49.9 Å². The molecule has 0 saturated heterocycles. The molecule has 104 valence electrons. The molecule has 0 aliphatic heterocycles. The number of benzene rings is 2. The second-order valence-electron chi connectivity index (χ2n) is 5.76. The molecule has 20 heavy (non-hydrogen) atoms. The predicted octanol–water partition coefficient (Wildman–Crippen LogP) is 4.27. The second kappa shape index (κ2) is 6.04. The fourth-order valence-corrected chi connectivity index (χ4v) is 2.68. The van der Waals surface area contributed by atoms with E-state index in [1.807, 2.05) is 12.1 Å². The smallest absolute Gasteiger partial charge is 0.141 e. The molecule has 0 atom stereocenters. The standard InChI is InChI=1S/C19H22O/c1-13-5-7-17(8-6-13)11-18(20)12-19-15(3)9-14(2)10-16(19)4/h5-10H,11-12H2,1-4H3. The van der Waals surface area contributed by atoms with E-state index in [1.165, 1.54) is 27.8 Å². The minimum absolute atomic E-state index is 0.281. The molecule has 0 aliphatic carbocycles. The number of rotatable bonds is 4. The van der Waals surface area contributed by atoms with E-state index in [-0.39, 0.29) is 5.78 Å². The van der Waals surface area contributed by atoms with E-state index in [0.717, 1.165) is 5.56 Å². The molecule has 0 unspecified atom stereocenters. The van der Waals surface area contributed by atoms with Crippen LogP contribution < -0.4 is 0 Å². The van der Waals surface area contributed by atoms with Crippen LogP contribution in [-0.2, 0) is 17.6 Å². The lowest BCUT2D eigenvalue weighted by Gasteiger charge is -2.11. The largest absolute Gasteiger partial charge is 0.299 e. The zero-order valence-corrected chi connectivity index (χ0v) is 12.8. The molecule has 1 heteroatoms. The van der Waals surface area contributed by atoms with Crippen LogP contribution in [0.3, 0.4) is 0 Å². The number of carbonyl (C=O) groups is 1. The molecule has 0 aromatic heterocycles. The molecule has 0 saturated carbocycles. The topological polar surface area (TPSA) is 17.1 Å². The van der Waals surface area contributed by atoms with Gasteiger partial charge in [-0.1, -0.05) is 47.5 Å². The molecule has 2 rings (SSSR count). The highest BCUT2D eigenvalue weighted by molar-refractivity contribution is 5.83. The molecular formula is C19H22O. The summed E-state index contributed by atoms with van der Waals surface area (Å²) in [5.74, 6) is 0.281. The van der Waals surface area contributed by atoms with Crippen molar-refractivity contribution >= 4 is 5.78 Å². The van der Waals surface area contributed by atoms with E-state index in [4.69, 9.17) is 0 Å². The van der Waals surface area contributed by atoms with Crippen molar-refractivity contribution in [1.82, 2.24) is 0 Å². The van der Waals surface area contributed by atoms with Gasteiger partial charge in [-0.3, -0.25) is 4.79 Å². The molecule has 1 nitrogen and oxygen atoms in total. The molecule has 0 radical (unpaired) electrons. The van der Waals surface area contributed by atoms with Crippen molar-refractivity contribution in [1.29, 1.82) is 0 Å². The van der Waals surface area contributed by atoms with Gasteiger partial charge in [-0.15, -0.1) is 0 Å². The first-order valence-corrected chi connectivity index (χ1v) is 7.09. The van der Waals surface area contributed by atoms with E-state index < -0.39 is 0 Å². The number of Topliss-reactive ketones (excluding diaryl/α,β-unsaturated/α-hetero) is 1. The molecule has 2 aromatic carbocycles. The normalized spacial score (nSPS) is 10.6. The van der Waals surface area contributed by atoms with Crippen molar-refractivity contribution in [3.05, 3.63) is 69.8 Å². The molecule has 2 aromatic rings. The van der Waals surface area contributed by atoms with Crippen molar-refractivity contribution in [3.8, 4) is 0 Å². The minimum atomic E-state index is 0.281. The van der Waals surface area contributed by atoms with Crippen LogP contribution >= 0.6 is 0 Å². The van der Waals surface area contributed by atoms with Crippen molar-refractivity contribution in [2.24, 2.45) is 0 Å². The Morgan fingerprint density at radius 1 is 0.800 bits per heavy atom. The SMILES string of the molecule is Cc1ccc(CC(=O)Cc2c(C)cc(C)cc2C)cc1. The average Bonchev–Trinajstić information content (AvgIpc) is 2.36. The van der Waals surface area contributed by atoms with E-state index in [1.54, 1.807) is 0 Å². The van der Waals surface area contributed by atoms with Gasteiger partial charge in [-0.25, -0.2) is 0 Å². The van der Waals surface area contributed by atoms with Crippen LogP contribution in [0.1, 0.15) is 33.4 Å². The Morgan fingerprint density at radius 2 is 1.35 bits per heavy atom. The summed E-state index contributed by atoms with van der Waals surface area (Å²) >= 11 is 0. The Hall–Kier alpha value is -1.89. The number of carbonyl (C=O) groups excluding carboxylic acids is 1. The van der Waals surface area contributed by atoms with Gasteiger partial charge in [0.2, 0.25) is 0 Å². The molecule has 0 fully saturated rings. The first-order chi connectivity index (χ1) is 9.45. The Kier molecular flexibility index (Phi) is 4.39. The Labute approximate surface area is 121 Å². The van der Waals surface area contributed by atoms with Crippen LogP contribution in [0, 0.1) is 27.7 Å². The summed E-state index contributed by atoms with van der Waals surface area (Å²) in [7, 11) is 0. The van der Waals surface area contributed by atoms with E-state index in [9.17, 15) is 4.79 Å². The zero-order valence-electron chi connectivity index (χ0n) is 12.8. The molecule has 0 heterocycles. The van der Waals surface area contributed by atoms with Crippen LogP contribution in [0.25, 0.3) is 0 Å². The van der Waals surface area contributed by atoms with E-state index in [2.05, 4.69) is 52.0 Å². The highest BCUT2D eigenvalue weighted by Crippen LogP contribution is 2.18. The van der Waals surface area contributed by atoms with Crippen LogP contribution in [-0.4, -0.2) is 5.78 Å². The van der Waals surface area contributed by atoms with Crippen molar-refractivity contribution in [3.63, 3.8) is 0 Å². The van der Waals surface area contributed by atoms with Crippen molar-refractivity contribution < 1.29 is 4.79 Å². The summed E-state index contributed by atoms with van der Waals surface area (Å²) in [4.78, 5) is 12.3. The van der Waals surface area contributed by atoms with Gasteiger partial charge in [0.15, 0.2) is 0 Å². The van der Waals surface area contributed by atoms with Gasteiger partial charge in [0.1, 0.15) is 5.78 Å². The summed E-state index contributed by atoms with van der Waals surface area (Å²) < 4.78 is 0. The molecule has 0 amide bonds. The average molecular weight is 266 g/mol. The Bertz CT molecular complexity index is 598. The molecule has 0 spiro atoms. The monoisotopic (exact) mass is 266 g/mol. The molecule has 0 N–H and O–H groups in total. The Balaban J connectivity index is 2.10. The van der Waals surface area contributed by atoms with Gasteiger partial charge in [0.05, 0.1) is 0 Å². The maximum atomic E-state index is 12.3. The third-order valence-electron chi connectivity index (χ3n) is 3.74. The summed E-state index contributed by atoms with van der Waals surface area (Å²) in [6.07, 6.45) is 1.05. The summed E-state index contributed by atoms with van der Waals surface area (Å²) in [5.41, 5.74) is 7.22. The number of ketones is 1. The van der Waals surface area contributed by atoms with Gasteiger partial charge >= 0.3 is 0 Å². The molecular weight excluding hydrogens is 244 g/mol. The number of hydrogen-bond donors (Lipinski definition) is 0. The quantitative estimate of drug-likeness (QED) is 0.807. The number of hydrogen-bond acceptors (Lipinski definition) is 1. The lowest BCUT2D eigenvalue weighted by atomic mass is 9.94. The number of aryl methyl sites for hydroxylation is 4. The van der Waals surface area contributed by atoms with Crippen molar-refractivity contribution in [2.45, 2.75) is 40.5 Å². The fourth-order valence-electron chi connectivity index (χ4n) is 2.68. The maximum Gasteiger partial charge on any atom is 0.141 e. The van der Waals surface area contributed by atoms with Crippen LogP contribution in [0.2, 0.25) is 0 Å². The van der Waals surface area contributed by atoms with Gasteiger partial charge in [0.25, 0.3) is 0 Å². The highest BCUT2D eigenvalue weighted by Gasteiger charge is 2.10. The Morgan fingerprint density at radius 3 is 1.90 bits per heavy atom. The summed E-state index contributed by atoms with van der Waals surface area (Å²) in [6.45, 7) is 8.34. The lowest BCUT2D eigenvalue weighted by Crippen LogP contribution is -2.09. The van der Waals surface area contributed by atoms with E-state index >= 15 is 0 Å². The van der Waals surface area contributed by atoms with Crippen LogP contribution in [0.4, 0.5) is 0 Å². The van der Waals surface area contributed by atoms with Crippen LogP contribution in [0.15, 0.2) is 36.4 Å². The molecule has 0 bridgehead atoms. The molecule has 0 aliphatic rings. The highest BCUT2D eigenvalue weighted by atomic mass is 16.1. The van der Waals surface area contributed by atoms with Crippen molar-refractivity contribution in [2.75, 3.05) is 0 Å². The third-order valence-corrected chi connectivity index (χ3v) is 3.74. The lowest BCUT2D eigenvalue weighted by molar-refractivity contribution is -0.117. The maximum absolute atomic E-state index is 12.3. The third kappa shape index (κ3) is 3.57. The van der Waals surface area contributed by atoms with Gasteiger partial charge in [0, 0.05) is 12.8 Å². The fraction of sp³-hybridized carbons (Fsp3) is 0.316. The zero-order chi connectivity index (χ0) is 14.7. The van der Waals surface area contributed by atoms with Gasteiger partial charge < -0.3 is 0 Å². The minimum Gasteiger partial charge on any atom is -0.299 e. The predicted molar refractivity (Wildman–Crippen MR) is 84.2 cm³/mol. The summed E-state index contributed by atoms with van der Waals surface area (Å²) in [6, 6.07) is 12.5. The summed E-state index contributed by atoms with van der Waals surface area (Å²) in [5, 5.41) is 0. The van der Waals surface area contributed by atoms with E-state index in [0.29, 0.717) is 12.8 Å². The second-order valence-corrected chi connectivity index (χ2v) is 5.76.